The zero-order valence-corrected chi connectivity index (χ0v) is 17.6. The van der Waals surface area contributed by atoms with Crippen LogP contribution in [0.1, 0.15) is 45.4 Å². The summed E-state index contributed by atoms with van der Waals surface area (Å²) in [6, 6.07) is 4.37. The summed E-state index contributed by atoms with van der Waals surface area (Å²) in [7, 11) is -2.02. The fraction of sp³-hybridized carbons (Fsp3) is 0.650. The Hall–Kier alpha value is -1.80. The van der Waals surface area contributed by atoms with Crippen molar-refractivity contribution in [3.8, 4) is 5.75 Å². The Balaban J connectivity index is 1.82. The smallest absolute Gasteiger partial charge is 0.244 e. The van der Waals surface area contributed by atoms with Crippen molar-refractivity contribution in [3.63, 3.8) is 0 Å². The van der Waals surface area contributed by atoms with Gasteiger partial charge in [-0.3, -0.25) is 4.79 Å². The summed E-state index contributed by atoms with van der Waals surface area (Å²) >= 11 is 0. The Morgan fingerprint density at radius 2 is 1.64 bits per heavy atom. The third-order valence-electron chi connectivity index (χ3n) is 5.53. The van der Waals surface area contributed by atoms with Crippen molar-refractivity contribution >= 4 is 21.6 Å². The lowest BCUT2D eigenvalue weighted by molar-refractivity contribution is -0.130. The summed E-state index contributed by atoms with van der Waals surface area (Å²) in [6.45, 7) is 4.48. The first-order valence-corrected chi connectivity index (χ1v) is 11.6. The third-order valence-corrected chi connectivity index (χ3v) is 7.43. The average Bonchev–Trinajstić information content (AvgIpc) is 3.08. The summed E-state index contributed by atoms with van der Waals surface area (Å²) in [6.07, 6.45) is 5.98. The van der Waals surface area contributed by atoms with Crippen molar-refractivity contribution in [2.45, 2.75) is 56.4 Å². The zero-order valence-electron chi connectivity index (χ0n) is 16.8. The molecular formula is C20H31N3O4S. The predicted octanol–water partition coefficient (Wildman–Crippen LogP) is 2.68. The SMILES string of the molecule is COc1ccc(S(=O)(=O)N2CCCCCC2)cc1NC(C)C(=O)N1CCCC1. The molecule has 0 aromatic heterocycles. The lowest BCUT2D eigenvalue weighted by atomic mass is 10.2. The van der Waals surface area contributed by atoms with Crippen LogP contribution in [-0.4, -0.2) is 62.9 Å². The molecule has 1 aromatic rings. The van der Waals surface area contributed by atoms with Crippen molar-refractivity contribution in [3.05, 3.63) is 18.2 Å². The van der Waals surface area contributed by atoms with Crippen LogP contribution in [0, 0.1) is 0 Å². The minimum absolute atomic E-state index is 0.0281. The van der Waals surface area contributed by atoms with Crippen molar-refractivity contribution in [1.29, 1.82) is 0 Å². The lowest BCUT2D eigenvalue weighted by Crippen LogP contribution is -2.39. The van der Waals surface area contributed by atoms with Gasteiger partial charge in [0, 0.05) is 26.2 Å². The molecule has 8 heteroatoms. The second kappa shape index (κ2) is 9.13. The van der Waals surface area contributed by atoms with Crippen LogP contribution in [0.2, 0.25) is 0 Å². The van der Waals surface area contributed by atoms with Crippen LogP contribution in [0.3, 0.4) is 0 Å². The van der Waals surface area contributed by atoms with E-state index < -0.39 is 16.1 Å². The predicted molar refractivity (Wildman–Crippen MR) is 109 cm³/mol. The number of anilines is 1. The molecule has 2 aliphatic rings. The largest absolute Gasteiger partial charge is 0.495 e. The average molecular weight is 410 g/mol. The number of hydrogen-bond acceptors (Lipinski definition) is 5. The molecule has 1 N–H and O–H groups in total. The van der Waals surface area contributed by atoms with E-state index in [0.717, 1.165) is 51.6 Å². The molecule has 2 fully saturated rings. The van der Waals surface area contributed by atoms with Gasteiger partial charge in [-0.2, -0.15) is 4.31 Å². The number of carbonyl (C=O) groups excluding carboxylic acids is 1. The highest BCUT2D eigenvalue weighted by atomic mass is 32.2. The maximum atomic E-state index is 13.1. The number of methoxy groups -OCH3 is 1. The Morgan fingerprint density at radius 1 is 1.04 bits per heavy atom. The molecule has 0 radical (unpaired) electrons. The first kappa shape index (κ1) is 20.9. The molecular weight excluding hydrogens is 378 g/mol. The highest BCUT2D eigenvalue weighted by Gasteiger charge is 2.27. The Labute approximate surface area is 168 Å². The first-order valence-electron chi connectivity index (χ1n) is 10.2. The molecule has 0 spiro atoms. The van der Waals surface area contributed by atoms with E-state index >= 15 is 0 Å². The van der Waals surface area contributed by atoms with Crippen LogP contribution in [0.5, 0.6) is 5.75 Å². The van der Waals surface area contributed by atoms with E-state index in [2.05, 4.69) is 5.32 Å². The summed E-state index contributed by atoms with van der Waals surface area (Å²) in [5.74, 6) is 0.552. The fourth-order valence-electron chi connectivity index (χ4n) is 3.90. The van der Waals surface area contributed by atoms with Gasteiger partial charge in [0.05, 0.1) is 17.7 Å². The number of carbonyl (C=O) groups is 1. The fourth-order valence-corrected chi connectivity index (χ4v) is 5.44. The number of rotatable bonds is 6. The molecule has 1 amide bonds. The second-order valence-corrected chi connectivity index (χ2v) is 9.52. The van der Waals surface area contributed by atoms with Gasteiger partial charge in [0.2, 0.25) is 15.9 Å². The number of likely N-dealkylation sites (tertiary alicyclic amines) is 1. The lowest BCUT2D eigenvalue weighted by Gasteiger charge is -2.24. The van der Waals surface area contributed by atoms with E-state index in [-0.39, 0.29) is 10.8 Å². The molecule has 156 valence electrons. The number of amides is 1. The van der Waals surface area contributed by atoms with Gasteiger partial charge in [0.25, 0.3) is 0 Å². The van der Waals surface area contributed by atoms with Gasteiger partial charge in [-0.25, -0.2) is 8.42 Å². The molecule has 1 atom stereocenters. The van der Waals surface area contributed by atoms with Gasteiger partial charge in [-0.05, 0) is 50.8 Å². The van der Waals surface area contributed by atoms with Gasteiger partial charge in [-0.15, -0.1) is 0 Å². The van der Waals surface area contributed by atoms with E-state index in [0.29, 0.717) is 24.5 Å². The normalized spacial score (nSPS) is 19.9. The molecule has 7 nitrogen and oxygen atoms in total. The molecule has 2 heterocycles. The molecule has 0 saturated carbocycles. The molecule has 3 rings (SSSR count). The van der Waals surface area contributed by atoms with E-state index in [9.17, 15) is 13.2 Å². The molecule has 2 aliphatic heterocycles. The third kappa shape index (κ3) is 4.60. The highest BCUT2D eigenvalue weighted by molar-refractivity contribution is 7.89. The Bertz CT molecular complexity index is 783. The van der Waals surface area contributed by atoms with E-state index in [4.69, 9.17) is 4.74 Å². The Morgan fingerprint density at radius 3 is 2.25 bits per heavy atom. The molecule has 0 bridgehead atoms. The van der Waals surface area contributed by atoms with Crippen LogP contribution >= 0.6 is 0 Å². The van der Waals surface area contributed by atoms with Crippen LogP contribution in [0.15, 0.2) is 23.1 Å². The number of benzene rings is 1. The molecule has 28 heavy (non-hydrogen) atoms. The van der Waals surface area contributed by atoms with Crippen molar-refractivity contribution in [2.75, 3.05) is 38.6 Å². The minimum Gasteiger partial charge on any atom is -0.495 e. The summed E-state index contributed by atoms with van der Waals surface area (Å²) in [5, 5.41) is 3.17. The van der Waals surface area contributed by atoms with Crippen molar-refractivity contribution < 1.29 is 17.9 Å². The van der Waals surface area contributed by atoms with Crippen molar-refractivity contribution in [2.24, 2.45) is 0 Å². The van der Waals surface area contributed by atoms with Crippen LogP contribution in [0.25, 0.3) is 0 Å². The number of nitrogens with one attached hydrogen (secondary N) is 1. The number of sulfonamides is 1. The second-order valence-electron chi connectivity index (χ2n) is 7.58. The van der Waals surface area contributed by atoms with Gasteiger partial charge < -0.3 is 15.0 Å². The van der Waals surface area contributed by atoms with Crippen LogP contribution < -0.4 is 10.1 Å². The summed E-state index contributed by atoms with van der Waals surface area (Å²) < 4.78 is 33.2. The van der Waals surface area contributed by atoms with Crippen LogP contribution in [-0.2, 0) is 14.8 Å². The molecule has 2 saturated heterocycles. The minimum atomic E-state index is -3.56. The highest BCUT2D eigenvalue weighted by Crippen LogP contribution is 2.30. The monoisotopic (exact) mass is 409 g/mol. The first-order chi connectivity index (χ1) is 13.4. The van der Waals surface area contributed by atoms with Gasteiger partial charge >= 0.3 is 0 Å². The number of ether oxygens (including phenoxy) is 1. The maximum absolute atomic E-state index is 13.1. The van der Waals surface area contributed by atoms with Gasteiger partial charge in [0.15, 0.2) is 0 Å². The summed E-state index contributed by atoms with van der Waals surface area (Å²) in [4.78, 5) is 14.7. The zero-order chi connectivity index (χ0) is 20.1. The number of nitrogens with zero attached hydrogens (tertiary/aromatic N) is 2. The van der Waals surface area contributed by atoms with Gasteiger partial charge in [-0.1, -0.05) is 12.8 Å². The number of hydrogen-bond donors (Lipinski definition) is 1. The van der Waals surface area contributed by atoms with Crippen LogP contribution in [0.4, 0.5) is 5.69 Å². The molecule has 1 unspecified atom stereocenters. The topological polar surface area (TPSA) is 79.0 Å². The van der Waals surface area contributed by atoms with E-state index in [1.54, 1.807) is 29.4 Å². The van der Waals surface area contributed by atoms with E-state index in [1.807, 2.05) is 4.90 Å². The molecule has 1 aromatic carbocycles. The molecule has 0 aliphatic carbocycles. The Kier molecular flexibility index (Phi) is 6.82. The summed E-state index contributed by atoms with van der Waals surface area (Å²) in [5.41, 5.74) is 0.526. The van der Waals surface area contributed by atoms with Gasteiger partial charge in [0.1, 0.15) is 11.8 Å². The van der Waals surface area contributed by atoms with E-state index in [1.165, 1.54) is 7.11 Å². The standard InChI is InChI=1S/C20H31N3O4S/c1-16(20(24)22-11-7-8-12-22)21-18-15-17(9-10-19(18)27-2)28(25,26)23-13-5-3-4-6-14-23/h9-10,15-16,21H,3-8,11-14H2,1-2H3. The maximum Gasteiger partial charge on any atom is 0.244 e. The quantitative estimate of drug-likeness (QED) is 0.781. The van der Waals surface area contributed by atoms with Crippen molar-refractivity contribution in [1.82, 2.24) is 9.21 Å².